The van der Waals surface area contributed by atoms with Crippen LogP contribution in [0.1, 0.15) is 25.0 Å². The molecule has 59 heavy (non-hydrogen) atoms. The average Bonchev–Trinajstić information content (AvgIpc) is 3.94. The molecule has 0 fully saturated rings. The van der Waals surface area contributed by atoms with Crippen LogP contribution < -0.4 is 0 Å². The van der Waals surface area contributed by atoms with E-state index in [4.69, 9.17) is 23.8 Å². The fourth-order valence-corrected chi connectivity index (χ4v) is 9.32. The van der Waals surface area contributed by atoms with Gasteiger partial charge < -0.3 is 8.83 Å². The molecule has 5 nitrogen and oxygen atoms in total. The van der Waals surface area contributed by atoms with Crippen LogP contribution in [-0.2, 0) is 5.41 Å². The van der Waals surface area contributed by atoms with Crippen molar-refractivity contribution in [3.05, 3.63) is 187 Å². The Hall–Kier alpha value is -7.63. The monoisotopic (exact) mass is 757 g/mol. The van der Waals surface area contributed by atoms with Crippen molar-refractivity contribution in [1.29, 1.82) is 0 Å². The van der Waals surface area contributed by atoms with E-state index in [1.54, 1.807) is 0 Å². The van der Waals surface area contributed by atoms with Gasteiger partial charge in [-0.3, -0.25) is 0 Å². The lowest BCUT2D eigenvalue weighted by atomic mass is 9.82. The molecule has 3 heterocycles. The van der Waals surface area contributed by atoms with Crippen molar-refractivity contribution >= 4 is 43.9 Å². The second-order valence-corrected chi connectivity index (χ2v) is 15.9. The first-order chi connectivity index (χ1) is 29.0. The van der Waals surface area contributed by atoms with Gasteiger partial charge >= 0.3 is 0 Å². The molecule has 0 bridgehead atoms. The minimum Gasteiger partial charge on any atom is -0.456 e. The van der Waals surface area contributed by atoms with Crippen molar-refractivity contribution in [3.8, 4) is 67.5 Å². The van der Waals surface area contributed by atoms with Crippen LogP contribution in [0.4, 0.5) is 0 Å². The maximum absolute atomic E-state index is 6.55. The average molecular weight is 758 g/mol. The van der Waals surface area contributed by atoms with Crippen molar-refractivity contribution in [2.45, 2.75) is 19.3 Å². The molecule has 0 radical (unpaired) electrons. The molecule has 0 saturated heterocycles. The van der Waals surface area contributed by atoms with Gasteiger partial charge in [0.2, 0.25) is 0 Å². The summed E-state index contributed by atoms with van der Waals surface area (Å²) in [5, 5.41) is 4.20. The molecule has 11 aromatic rings. The van der Waals surface area contributed by atoms with Crippen LogP contribution in [-0.4, -0.2) is 15.0 Å². The van der Waals surface area contributed by atoms with Crippen molar-refractivity contribution in [1.82, 2.24) is 15.0 Å². The Morgan fingerprint density at radius 3 is 1.88 bits per heavy atom. The minimum absolute atomic E-state index is 0.0979. The van der Waals surface area contributed by atoms with Crippen molar-refractivity contribution in [2.24, 2.45) is 0 Å². The van der Waals surface area contributed by atoms with Crippen molar-refractivity contribution in [3.63, 3.8) is 0 Å². The highest BCUT2D eigenvalue weighted by molar-refractivity contribution is 6.13. The highest BCUT2D eigenvalue weighted by Gasteiger charge is 2.36. The predicted octanol–water partition coefficient (Wildman–Crippen LogP) is 14.3. The van der Waals surface area contributed by atoms with E-state index in [9.17, 15) is 0 Å². The normalized spacial score (nSPS) is 13.1. The summed E-state index contributed by atoms with van der Waals surface area (Å²) in [6.07, 6.45) is 0. The summed E-state index contributed by atoms with van der Waals surface area (Å²) in [7, 11) is 0. The lowest BCUT2D eigenvalue weighted by molar-refractivity contribution is 0.660. The Balaban J connectivity index is 1.05. The number of benzene rings is 8. The Morgan fingerprint density at radius 1 is 0.373 bits per heavy atom. The number of fused-ring (bicyclic) bond motifs is 9. The van der Waals surface area contributed by atoms with Crippen LogP contribution in [0.5, 0.6) is 0 Å². The molecule has 1 aliphatic rings. The lowest BCUT2D eigenvalue weighted by Gasteiger charge is -2.21. The van der Waals surface area contributed by atoms with E-state index in [2.05, 4.69) is 147 Å². The summed E-state index contributed by atoms with van der Waals surface area (Å²) in [5.74, 6) is 1.65. The number of hydrogen-bond donors (Lipinski definition) is 0. The Labute approximate surface area is 340 Å². The molecule has 12 rings (SSSR count). The minimum atomic E-state index is -0.0979. The van der Waals surface area contributed by atoms with E-state index in [0.717, 1.165) is 77.3 Å². The van der Waals surface area contributed by atoms with Crippen LogP contribution in [0.15, 0.2) is 185 Å². The third kappa shape index (κ3) is 5.14. The van der Waals surface area contributed by atoms with E-state index in [-0.39, 0.29) is 5.41 Å². The molecule has 0 N–H and O–H groups in total. The van der Waals surface area contributed by atoms with Gasteiger partial charge in [0, 0.05) is 38.1 Å². The lowest BCUT2D eigenvalue weighted by Crippen LogP contribution is -2.14. The SMILES string of the molecule is CC1(C)c2ccccc2-c2c(-c3cccc(-c4nc(-c5ccc6c(c5)oc5cccc(-c7ccccc7)c56)nc(-c5cccc6c5oc5ccccc56)n4)c3)cccc21. The van der Waals surface area contributed by atoms with Crippen LogP contribution in [0.3, 0.4) is 0 Å². The van der Waals surface area contributed by atoms with Crippen LogP contribution in [0.25, 0.3) is 111 Å². The molecule has 8 aromatic carbocycles. The largest absolute Gasteiger partial charge is 0.456 e. The zero-order chi connectivity index (χ0) is 39.2. The van der Waals surface area contributed by atoms with Crippen molar-refractivity contribution < 1.29 is 8.83 Å². The van der Waals surface area contributed by atoms with Gasteiger partial charge in [-0.05, 0) is 80.9 Å². The maximum atomic E-state index is 6.55. The second-order valence-electron chi connectivity index (χ2n) is 15.9. The van der Waals surface area contributed by atoms with E-state index >= 15 is 0 Å². The van der Waals surface area contributed by atoms with Gasteiger partial charge in [-0.2, -0.15) is 0 Å². The number of aromatic nitrogens is 3. The van der Waals surface area contributed by atoms with Gasteiger partial charge in [-0.25, -0.2) is 15.0 Å². The van der Waals surface area contributed by atoms with Crippen LogP contribution in [0.2, 0.25) is 0 Å². The van der Waals surface area contributed by atoms with Crippen LogP contribution in [0, 0.1) is 0 Å². The molecule has 1 aliphatic carbocycles. The van der Waals surface area contributed by atoms with E-state index < -0.39 is 0 Å². The molecular formula is C54H35N3O2. The molecule has 5 heteroatoms. The van der Waals surface area contributed by atoms with E-state index in [1.807, 2.05) is 42.5 Å². The Bertz CT molecular complexity index is 3480. The number of hydrogen-bond acceptors (Lipinski definition) is 5. The van der Waals surface area contributed by atoms with Gasteiger partial charge in [0.15, 0.2) is 17.5 Å². The first-order valence-electron chi connectivity index (χ1n) is 20.0. The molecule has 278 valence electrons. The number of nitrogens with zero attached hydrogens (tertiary/aromatic N) is 3. The predicted molar refractivity (Wildman–Crippen MR) is 239 cm³/mol. The van der Waals surface area contributed by atoms with E-state index in [0.29, 0.717) is 17.5 Å². The van der Waals surface area contributed by atoms with Gasteiger partial charge in [0.1, 0.15) is 22.3 Å². The summed E-state index contributed by atoms with van der Waals surface area (Å²) in [6, 6.07) is 61.3. The summed E-state index contributed by atoms with van der Waals surface area (Å²) in [4.78, 5) is 15.6. The quantitative estimate of drug-likeness (QED) is 0.175. The third-order valence-corrected chi connectivity index (χ3v) is 12.2. The Morgan fingerprint density at radius 2 is 0.983 bits per heavy atom. The molecule has 0 aliphatic heterocycles. The molecule has 0 unspecified atom stereocenters. The summed E-state index contributed by atoms with van der Waals surface area (Å²) in [5.41, 5.74) is 15.4. The molecule has 0 atom stereocenters. The molecule has 3 aromatic heterocycles. The number of rotatable bonds is 5. The van der Waals surface area contributed by atoms with Gasteiger partial charge in [-0.15, -0.1) is 0 Å². The van der Waals surface area contributed by atoms with E-state index in [1.165, 1.54) is 27.8 Å². The summed E-state index contributed by atoms with van der Waals surface area (Å²) < 4.78 is 13.1. The highest BCUT2D eigenvalue weighted by atomic mass is 16.3. The fourth-order valence-electron chi connectivity index (χ4n) is 9.32. The number of furan rings is 2. The number of para-hydroxylation sites is 2. The van der Waals surface area contributed by atoms with Gasteiger partial charge in [0.25, 0.3) is 0 Å². The van der Waals surface area contributed by atoms with Crippen LogP contribution >= 0.6 is 0 Å². The first-order valence-corrected chi connectivity index (χ1v) is 20.0. The second kappa shape index (κ2) is 12.7. The highest BCUT2D eigenvalue weighted by Crippen LogP contribution is 2.52. The molecule has 0 saturated carbocycles. The molecular weight excluding hydrogens is 723 g/mol. The summed E-state index contributed by atoms with van der Waals surface area (Å²) >= 11 is 0. The zero-order valence-electron chi connectivity index (χ0n) is 32.4. The van der Waals surface area contributed by atoms with Gasteiger partial charge in [0.05, 0.1) is 5.56 Å². The first kappa shape index (κ1) is 33.5. The fraction of sp³-hybridized carbons (Fsp3) is 0.0556. The molecule has 0 amide bonds. The Kier molecular flexibility index (Phi) is 7.20. The maximum Gasteiger partial charge on any atom is 0.167 e. The standard InChI is InChI=1S/C54H35N3O2/c1-54(2)43-24-8-6-19-40(43)48-37(20-12-25-44(48)54)33-16-10-17-34(30-33)51-55-52(57-53(56-51)42-23-11-22-39-38-18-7-9-26-45(38)59-50(39)42)35-28-29-41-47(31-35)58-46-27-13-21-36(49(41)46)32-14-4-3-5-15-32/h3-31H,1-2H3. The zero-order valence-corrected chi connectivity index (χ0v) is 32.4. The van der Waals surface area contributed by atoms with Crippen molar-refractivity contribution in [2.75, 3.05) is 0 Å². The third-order valence-electron chi connectivity index (χ3n) is 12.2. The molecule has 0 spiro atoms. The summed E-state index contributed by atoms with van der Waals surface area (Å²) in [6.45, 7) is 4.64. The van der Waals surface area contributed by atoms with Gasteiger partial charge in [-0.1, -0.05) is 153 Å². The smallest absolute Gasteiger partial charge is 0.167 e. The topological polar surface area (TPSA) is 65.0 Å².